The zero-order valence-corrected chi connectivity index (χ0v) is 38.2. The molecule has 0 aliphatic carbocycles. The zero-order valence-electron chi connectivity index (χ0n) is 38.2. The van der Waals surface area contributed by atoms with Gasteiger partial charge in [-0.1, -0.05) is 174 Å². The second-order valence-electron chi connectivity index (χ2n) is 17.7. The first-order chi connectivity index (χ1) is 29.6. The van der Waals surface area contributed by atoms with E-state index in [0.29, 0.717) is 13.0 Å². The van der Waals surface area contributed by atoms with Crippen LogP contribution in [0.3, 0.4) is 0 Å². The second kappa shape index (κ2) is 36.2. The van der Waals surface area contributed by atoms with Crippen molar-refractivity contribution in [1.82, 2.24) is 0 Å². The number of aliphatic hydroxyl groups excluding tert-OH is 7. The molecule has 0 spiro atoms. The predicted octanol–water partition coefficient (Wildman–Crippen LogP) is 6.52. The van der Waals surface area contributed by atoms with E-state index in [1.54, 1.807) is 0 Å². The van der Waals surface area contributed by atoms with E-state index in [1.165, 1.54) is 128 Å². The van der Waals surface area contributed by atoms with E-state index < -0.39 is 80.7 Å². The molecule has 0 radical (unpaired) electrons. The fraction of sp³-hybridized carbons (Fsp3) is 0.979. The highest BCUT2D eigenvalue weighted by molar-refractivity contribution is 5.69. The summed E-state index contributed by atoms with van der Waals surface area (Å²) in [4.78, 5) is 13.0. The van der Waals surface area contributed by atoms with Gasteiger partial charge >= 0.3 is 5.97 Å². The smallest absolute Gasteiger partial charge is 0.306 e. The molecule has 2 saturated heterocycles. The minimum atomic E-state index is -1.70. The number of hydrogen-bond acceptors (Lipinski definition) is 14. The van der Waals surface area contributed by atoms with Crippen molar-refractivity contribution >= 4 is 5.97 Å². The van der Waals surface area contributed by atoms with E-state index in [9.17, 15) is 40.5 Å². The van der Waals surface area contributed by atoms with E-state index >= 15 is 0 Å². The van der Waals surface area contributed by atoms with Crippen molar-refractivity contribution in [2.75, 3.05) is 33.0 Å². The van der Waals surface area contributed by atoms with Gasteiger partial charge in [0.05, 0.1) is 26.4 Å². The monoisotopic (exact) mass is 879 g/mol. The lowest BCUT2D eigenvalue weighted by molar-refractivity contribution is -0.332. The maximum Gasteiger partial charge on any atom is 0.306 e. The van der Waals surface area contributed by atoms with Gasteiger partial charge in [0.1, 0.15) is 54.9 Å². The van der Waals surface area contributed by atoms with Crippen LogP contribution in [-0.2, 0) is 33.2 Å². The molecule has 362 valence electrons. The Morgan fingerprint density at radius 3 is 1.33 bits per heavy atom. The molecule has 61 heavy (non-hydrogen) atoms. The Balaban J connectivity index is 1.78. The van der Waals surface area contributed by atoms with E-state index in [-0.39, 0.29) is 25.6 Å². The van der Waals surface area contributed by atoms with Crippen LogP contribution in [0, 0.1) is 0 Å². The van der Waals surface area contributed by atoms with Crippen LogP contribution < -0.4 is 0 Å². The average molecular weight is 879 g/mol. The van der Waals surface area contributed by atoms with Crippen LogP contribution >= 0.6 is 0 Å². The molecule has 0 aromatic carbocycles. The fourth-order valence-electron chi connectivity index (χ4n) is 8.05. The largest absolute Gasteiger partial charge is 0.457 e. The van der Waals surface area contributed by atoms with Crippen molar-refractivity contribution < 1.29 is 69.0 Å². The van der Waals surface area contributed by atoms with E-state index in [0.717, 1.165) is 38.5 Å². The summed E-state index contributed by atoms with van der Waals surface area (Å²) in [5.41, 5.74) is 0. The van der Waals surface area contributed by atoms with Crippen molar-refractivity contribution in [3.8, 4) is 0 Å². The lowest BCUT2D eigenvalue weighted by atomic mass is 9.98. The van der Waals surface area contributed by atoms with Gasteiger partial charge in [0.25, 0.3) is 0 Å². The molecule has 0 aromatic rings. The van der Waals surface area contributed by atoms with Crippen molar-refractivity contribution in [3.05, 3.63) is 0 Å². The zero-order chi connectivity index (χ0) is 44.5. The number of carbonyl (C=O) groups is 1. The van der Waals surface area contributed by atoms with Gasteiger partial charge in [-0.05, 0) is 12.8 Å². The molecule has 0 amide bonds. The summed E-state index contributed by atoms with van der Waals surface area (Å²) in [5.74, 6) is -0.372. The molecule has 2 aliphatic heterocycles. The molecular weight excluding hydrogens is 789 g/mol. The molecule has 2 fully saturated rings. The second-order valence-corrected chi connectivity index (χ2v) is 17.7. The minimum absolute atomic E-state index is 0.0698. The molecule has 11 unspecified atom stereocenters. The van der Waals surface area contributed by atoms with Gasteiger partial charge in [-0.25, -0.2) is 0 Å². The van der Waals surface area contributed by atoms with Crippen molar-refractivity contribution in [3.63, 3.8) is 0 Å². The van der Waals surface area contributed by atoms with Crippen molar-refractivity contribution in [2.45, 2.75) is 261 Å². The van der Waals surface area contributed by atoms with E-state index in [4.69, 9.17) is 28.4 Å². The molecule has 0 bridgehead atoms. The van der Waals surface area contributed by atoms with Gasteiger partial charge in [0, 0.05) is 13.0 Å². The SMILES string of the molecule is CCCCCCCCCCCCCCCCC(=O)OC(COCCCCCCCCCCCCCCC)COC1OC(COC2OC(CO)C(O)C(O)C2O)C(O)C(O)C1O. The first-order valence-corrected chi connectivity index (χ1v) is 24.6. The lowest BCUT2D eigenvalue weighted by Gasteiger charge is -2.42. The van der Waals surface area contributed by atoms with Crippen LogP contribution in [-0.4, -0.2) is 142 Å². The van der Waals surface area contributed by atoms with Gasteiger partial charge in [0.15, 0.2) is 12.6 Å². The van der Waals surface area contributed by atoms with Gasteiger partial charge < -0.3 is 64.2 Å². The maximum atomic E-state index is 13.0. The summed E-state index contributed by atoms with van der Waals surface area (Å²) in [6.07, 6.45) is 17.3. The highest BCUT2D eigenvalue weighted by Crippen LogP contribution is 2.26. The highest BCUT2D eigenvalue weighted by Gasteiger charge is 2.47. The van der Waals surface area contributed by atoms with Crippen LogP contribution in [0.5, 0.6) is 0 Å². The summed E-state index contributed by atoms with van der Waals surface area (Å²) >= 11 is 0. The number of carbonyl (C=O) groups excluding carboxylic acids is 1. The minimum Gasteiger partial charge on any atom is -0.457 e. The molecule has 2 rings (SSSR count). The normalized spacial score (nSPS) is 27.4. The third kappa shape index (κ3) is 24.7. The highest BCUT2D eigenvalue weighted by atomic mass is 16.7. The van der Waals surface area contributed by atoms with Crippen LogP contribution in [0.25, 0.3) is 0 Å². The summed E-state index contributed by atoms with van der Waals surface area (Å²) in [6.45, 7) is 3.72. The number of esters is 1. The lowest BCUT2D eigenvalue weighted by Crippen LogP contribution is -2.61. The summed E-state index contributed by atoms with van der Waals surface area (Å²) in [5, 5.41) is 72.0. The van der Waals surface area contributed by atoms with Crippen LogP contribution in [0.1, 0.15) is 194 Å². The number of rotatable bonds is 39. The Morgan fingerprint density at radius 1 is 0.475 bits per heavy atom. The summed E-state index contributed by atoms with van der Waals surface area (Å²) < 4.78 is 34.2. The van der Waals surface area contributed by atoms with Crippen LogP contribution in [0.4, 0.5) is 0 Å². The molecule has 2 aliphatic rings. The Hall–Kier alpha value is -1.01. The molecular formula is C47H90O14. The molecule has 7 N–H and O–H groups in total. The van der Waals surface area contributed by atoms with Gasteiger partial charge in [-0.15, -0.1) is 0 Å². The van der Waals surface area contributed by atoms with Gasteiger partial charge in [-0.3, -0.25) is 4.79 Å². The van der Waals surface area contributed by atoms with Crippen LogP contribution in [0.15, 0.2) is 0 Å². The topological polar surface area (TPSA) is 214 Å². The van der Waals surface area contributed by atoms with Crippen molar-refractivity contribution in [1.29, 1.82) is 0 Å². The molecule has 2 heterocycles. The predicted molar refractivity (Wildman–Crippen MR) is 234 cm³/mol. The first-order valence-electron chi connectivity index (χ1n) is 24.6. The molecule has 14 nitrogen and oxygen atoms in total. The first kappa shape index (κ1) is 56.1. The number of aliphatic hydroxyl groups is 7. The third-order valence-electron chi connectivity index (χ3n) is 12.1. The Bertz CT molecular complexity index is 1020. The van der Waals surface area contributed by atoms with Crippen LogP contribution in [0.2, 0.25) is 0 Å². The van der Waals surface area contributed by atoms with Gasteiger partial charge in [0.2, 0.25) is 0 Å². The van der Waals surface area contributed by atoms with Gasteiger partial charge in [-0.2, -0.15) is 0 Å². The Labute approximate surface area is 368 Å². The fourth-order valence-corrected chi connectivity index (χ4v) is 8.05. The number of unbranched alkanes of at least 4 members (excludes halogenated alkanes) is 25. The maximum absolute atomic E-state index is 13.0. The van der Waals surface area contributed by atoms with Crippen molar-refractivity contribution in [2.24, 2.45) is 0 Å². The summed E-state index contributed by atoms with van der Waals surface area (Å²) in [6, 6.07) is 0. The average Bonchev–Trinajstić information content (AvgIpc) is 3.25. The standard InChI is InChI=1S/C47H90O14/c1-3-5-7-9-11-13-15-17-18-20-22-24-26-28-30-39(49)59-36(33-56-31-29-27-25-23-21-19-16-14-12-10-8-6-4-2)34-57-46-45(55)43(53)41(51)38(61-46)35-58-47-44(54)42(52)40(50)37(32-48)60-47/h36-38,40-48,50-55H,3-35H2,1-2H3. The Morgan fingerprint density at radius 2 is 0.869 bits per heavy atom. The van der Waals surface area contributed by atoms with E-state index in [2.05, 4.69) is 13.8 Å². The van der Waals surface area contributed by atoms with E-state index in [1.807, 2.05) is 0 Å². The summed E-state index contributed by atoms with van der Waals surface area (Å²) in [7, 11) is 0. The Kier molecular flexibility index (Phi) is 33.3. The molecule has 14 heteroatoms. The molecule has 0 aromatic heterocycles. The molecule has 11 atom stereocenters. The third-order valence-corrected chi connectivity index (χ3v) is 12.1. The molecule has 0 saturated carbocycles. The number of hydrogen-bond donors (Lipinski definition) is 7. The number of ether oxygens (including phenoxy) is 6. The quantitative estimate of drug-likeness (QED) is 0.0259.